The zero-order valence-electron chi connectivity index (χ0n) is 8.43. The minimum Gasteiger partial charge on any atom is -0.0667 e. The van der Waals surface area contributed by atoms with Crippen molar-refractivity contribution in [3.63, 3.8) is 0 Å². The number of allylic oxidation sites excluding steroid dienone is 2. The number of aryl methyl sites for hydroxylation is 1. The molecule has 0 unspecified atom stereocenters. The third-order valence-corrected chi connectivity index (χ3v) is 2.94. The van der Waals surface area contributed by atoms with Crippen molar-refractivity contribution < 1.29 is 0 Å². The van der Waals surface area contributed by atoms with Gasteiger partial charge in [-0.15, -0.1) is 0 Å². The molecule has 0 saturated heterocycles. The van der Waals surface area contributed by atoms with E-state index in [-0.39, 0.29) is 0 Å². The quantitative estimate of drug-likeness (QED) is 0.601. The van der Waals surface area contributed by atoms with Gasteiger partial charge in [0.1, 0.15) is 0 Å². The van der Waals surface area contributed by atoms with E-state index in [1.165, 1.54) is 36.0 Å². The Morgan fingerprint density at radius 2 is 2.00 bits per heavy atom. The molecule has 0 atom stereocenters. The second-order valence-corrected chi connectivity index (χ2v) is 3.95. The van der Waals surface area contributed by atoms with Crippen molar-refractivity contribution >= 4 is 5.57 Å². The van der Waals surface area contributed by atoms with Gasteiger partial charge >= 0.3 is 0 Å². The second-order valence-electron chi connectivity index (χ2n) is 3.95. The Hall–Kier alpha value is -1.04. The highest BCUT2D eigenvalue weighted by molar-refractivity contribution is 5.68. The van der Waals surface area contributed by atoms with Crippen molar-refractivity contribution in [2.75, 3.05) is 0 Å². The van der Waals surface area contributed by atoms with E-state index in [9.17, 15) is 0 Å². The van der Waals surface area contributed by atoms with E-state index in [4.69, 9.17) is 0 Å². The maximum Gasteiger partial charge on any atom is -0.0225 e. The highest BCUT2D eigenvalue weighted by Crippen LogP contribution is 2.33. The Morgan fingerprint density at radius 3 is 2.54 bits per heavy atom. The fourth-order valence-electron chi connectivity index (χ4n) is 1.81. The minimum absolute atomic E-state index is 1.32. The molecule has 0 aliphatic heterocycles. The monoisotopic (exact) mass is 172 g/mol. The van der Waals surface area contributed by atoms with Crippen LogP contribution < -0.4 is 0 Å². The van der Waals surface area contributed by atoms with Crippen molar-refractivity contribution in [1.29, 1.82) is 0 Å². The molecule has 2 rings (SSSR count). The summed E-state index contributed by atoms with van der Waals surface area (Å²) in [6, 6.07) is 8.80. The summed E-state index contributed by atoms with van der Waals surface area (Å²) in [5.41, 5.74) is 5.94. The molecule has 1 aliphatic rings. The van der Waals surface area contributed by atoms with Gasteiger partial charge in [-0.2, -0.15) is 0 Å². The SMILES string of the molecule is CC(=C1CCC1)c1cccc(C)c1. The lowest BCUT2D eigenvalue weighted by Gasteiger charge is -2.20. The van der Waals surface area contributed by atoms with E-state index < -0.39 is 0 Å². The van der Waals surface area contributed by atoms with E-state index in [1.807, 2.05) is 0 Å². The van der Waals surface area contributed by atoms with Crippen molar-refractivity contribution in [3.8, 4) is 0 Å². The third kappa shape index (κ3) is 1.67. The van der Waals surface area contributed by atoms with Gasteiger partial charge in [-0.3, -0.25) is 0 Å². The maximum atomic E-state index is 2.28. The van der Waals surface area contributed by atoms with Gasteiger partial charge in [-0.05, 0) is 44.2 Å². The first-order valence-electron chi connectivity index (χ1n) is 5.03. The Kier molecular flexibility index (Phi) is 2.22. The normalized spacial score (nSPS) is 15.4. The van der Waals surface area contributed by atoms with Gasteiger partial charge in [0.15, 0.2) is 0 Å². The molecule has 0 aromatic heterocycles. The van der Waals surface area contributed by atoms with Gasteiger partial charge in [0.05, 0.1) is 0 Å². The maximum absolute atomic E-state index is 2.28. The molecular formula is C13H16. The standard InChI is InChI=1S/C13H16/c1-10-5-3-8-13(9-10)11(2)12-6-4-7-12/h3,5,8-9H,4,6-7H2,1-2H3. The molecule has 68 valence electrons. The molecule has 13 heavy (non-hydrogen) atoms. The van der Waals surface area contributed by atoms with E-state index in [0.717, 1.165) is 0 Å². The Bertz CT molecular complexity index is 339. The van der Waals surface area contributed by atoms with Crippen LogP contribution in [-0.4, -0.2) is 0 Å². The summed E-state index contributed by atoms with van der Waals surface area (Å²) < 4.78 is 0. The van der Waals surface area contributed by atoms with Crippen LogP contribution in [0.1, 0.15) is 37.3 Å². The molecule has 0 radical (unpaired) electrons. The van der Waals surface area contributed by atoms with E-state index in [0.29, 0.717) is 0 Å². The molecular weight excluding hydrogens is 156 g/mol. The summed E-state index contributed by atoms with van der Waals surface area (Å²) >= 11 is 0. The van der Waals surface area contributed by atoms with Gasteiger partial charge < -0.3 is 0 Å². The first-order valence-corrected chi connectivity index (χ1v) is 5.03. The van der Waals surface area contributed by atoms with Crippen molar-refractivity contribution in [1.82, 2.24) is 0 Å². The van der Waals surface area contributed by atoms with Crippen LogP contribution in [0.4, 0.5) is 0 Å². The van der Waals surface area contributed by atoms with Crippen LogP contribution in [-0.2, 0) is 0 Å². The third-order valence-electron chi connectivity index (χ3n) is 2.94. The second kappa shape index (κ2) is 3.37. The summed E-state index contributed by atoms with van der Waals surface area (Å²) in [6.45, 7) is 4.41. The summed E-state index contributed by atoms with van der Waals surface area (Å²) in [4.78, 5) is 0. The lowest BCUT2D eigenvalue weighted by atomic mass is 9.86. The summed E-state index contributed by atoms with van der Waals surface area (Å²) in [5, 5.41) is 0. The fourth-order valence-corrected chi connectivity index (χ4v) is 1.81. The minimum atomic E-state index is 1.32. The van der Waals surface area contributed by atoms with Crippen molar-refractivity contribution in [2.24, 2.45) is 0 Å². The number of benzene rings is 1. The van der Waals surface area contributed by atoms with Crippen LogP contribution in [0.2, 0.25) is 0 Å². The van der Waals surface area contributed by atoms with Crippen LogP contribution in [0, 0.1) is 6.92 Å². The molecule has 0 nitrogen and oxygen atoms in total. The Balaban J connectivity index is 2.34. The first kappa shape index (κ1) is 8.55. The molecule has 0 heterocycles. The highest BCUT2D eigenvalue weighted by Gasteiger charge is 2.12. The summed E-state index contributed by atoms with van der Waals surface area (Å²) in [7, 11) is 0. The molecule has 0 N–H and O–H groups in total. The molecule has 0 heteroatoms. The number of rotatable bonds is 1. The Morgan fingerprint density at radius 1 is 1.23 bits per heavy atom. The van der Waals surface area contributed by atoms with Gasteiger partial charge in [0.25, 0.3) is 0 Å². The largest absolute Gasteiger partial charge is 0.0667 e. The summed E-state index contributed by atoms with van der Waals surface area (Å²) in [6.07, 6.45) is 4.03. The van der Waals surface area contributed by atoms with E-state index in [1.54, 1.807) is 5.57 Å². The molecule has 0 amide bonds. The average molecular weight is 172 g/mol. The van der Waals surface area contributed by atoms with Crippen LogP contribution >= 0.6 is 0 Å². The van der Waals surface area contributed by atoms with Crippen molar-refractivity contribution in [3.05, 3.63) is 41.0 Å². The van der Waals surface area contributed by atoms with Crippen LogP contribution in [0.5, 0.6) is 0 Å². The summed E-state index contributed by atoms with van der Waals surface area (Å²) in [5.74, 6) is 0. The van der Waals surface area contributed by atoms with Crippen LogP contribution in [0.15, 0.2) is 29.8 Å². The molecule has 1 aromatic carbocycles. The van der Waals surface area contributed by atoms with Gasteiger partial charge in [-0.25, -0.2) is 0 Å². The lowest BCUT2D eigenvalue weighted by molar-refractivity contribution is 0.665. The zero-order valence-corrected chi connectivity index (χ0v) is 8.43. The highest BCUT2D eigenvalue weighted by atomic mass is 14.2. The molecule has 1 saturated carbocycles. The Labute approximate surface area is 80.3 Å². The van der Waals surface area contributed by atoms with Crippen LogP contribution in [0.25, 0.3) is 5.57 Å². The zero-order chi connectivity index (χ0) is 9.26. The number of hydrogen-bond acceptors (Lipinski definition) is 0. The predicted molar refractivity (Wildman–Crippen MR) is 57.6 cm³/mol. The van der Waals surface area contributed by atoms with Gasteiger partial charge in [-0.1, -0.05) is 35.4 Å². The predicted octanol–water partition coefficient (Wildman–Crippen LogP) is 3.95. The lowest BCUT2D eigenvalue weighted by Crippen LogP contribution is -1.99. The average Bonchev–Trinajstić information content (AvgIpc) is 2.01. The number of hydrogen-bond donors (Lipinski definition) is 0. The molecule has 0 bridgehead atoms. The molecule has 0 spiro atoms. The van der Waals surface area contributed by atoms with Gasteiger partial charge in [0, 0.05) is 0 Å². The molecule has 1 fully saturated rings. The first-order chi connectivity index (χ1) is 6.27. The smallest absolute Gasteiger partial charge is 0.0225 e. The van der Waals surface area contributed by atoms with Gasteiger partial charge in [0.2, 0.25) is 0 Å². The fraction of sp³-hybridized carbons (Fsp3) is 0.385. The van der Waals surface area contributed by atoms with Crippen LogP contribution in [0.3, 0.4) is 0 Å². The van der Waals surface area contributed by atoms with Crippen molar-refractivity contribution in [2.45, 2.75) is 33.1 Å². The molecule has 1 aromatic rings. The van der Waals surface area contributed by atoms with E-state index >= 15 is 0 Å². The topological polar surface area (TPSA) is 0 Å². The molecule has 1 aliphatic carbocycles. The van der Waals surface area contributed by atoms with E-state index in [2.05, 4.69) is 38.1 Å².